The topological polar surface area (TPSA) is 132 Å². The van der Waals surface area contributed by atoms with Crippen LogP contribution in [-0.2, 0) is 21.0 Å². The fraction of sp³-hybridized carbons (Fsp3) is 0.393. The van der Waals surface area contributed by atoms with Crippen LogP contribution in [0.3, 0.4) is 0 Å². The van der Waals surface area contributed by atoms with Crippen LogP contribution >= 0.6 is 0 Å². The molecule has 0 spiro atoms. The molecule has 0 amide bonds. The van der Waals surface area contributed by atoms with Gasteiger partial charge in [0.25, 0.3) is 0 Å². The number of ketones is 1. The van der Waals surface area contributed by atoms with E-state index < -0.39 is 79.0 Å². The van der Waals surface area contributed by atoms with Crippen LogP contribution in [0.4, 0.5) is 13.2 Å². The smallest absolute Gasteiger partial charge is 0.185 e. The summed E-state index contributed by atoms with van der Waals surface area (Å²) in [5, 5.41) is 10.6. The first-order valence-corrected chi connectivity index (χ1v) is 14.4. The number of rotatable bonds is 6. The molecular weight excluding hydrogens is 547 g/mol. The predicted octanol–water partition coefficient (Wildman–Crippen LogP) is 3.95. The van der Waals surface area contributed by atoms with Gasteiger partial charge < -0.3 is 15.6 Å². The summed E-state index contributed by atoms with van der Waals surface area (Å²) < 4.78 is 73.9. The van der Waals surface area contributed by atoms with Crippen molar-refractivity contribution in [2.45, 2.75) is 62.9 Å². The summed E-state index contributed by atoms with van der Waals surface area (Å²) in [4.78, 5) is 20.6. The summed E-state index contributed by atoms with van der Waals surface area (Å²) in [5.74, 6) is -4.36. The van der Waals surface area contributed by atoms with E-state index >= 15 is 0 Å². The first-order chi connectivity index (χ1) is 18.6. The second-order valence-corrected chi connectivity index (χ2v) is 13.1. The average Bonchev–Trinajstić information content (AvgIpc) is 2.85. The molecule has 2 aromatic heterocycles. The Morgan fingerprint density at radius 3 is 2.38 bits per heavy atom. The third-order valence-corrected chi connectivity index (χ3v) is 7.94. The SMILES string of the molecule is CC(C)(C)[C@H]1O[C@@H](c2ccncc2CC(=O)c2ccc(F)c(-c3c(F)cc(S(C)(=O)=O)cc3F)n2)C[C@@H](N)[C@@H]1O. The highest BCUT2D eigenvalue weighted by atomic mass is 32.2. The number of carbonyl (C=O) groups is 1. The molecule has 3 aromatic rings. The quantitative estimate of drug-likeness (QED) is 0.421. The molecule has 1 aliphatic rings. The number of nitrogens with zero attached hydrogens (tertiary/aromatic N) is 2. The molecular formula is C28H30F3N3O5S. The number of sulfone groups is 1. The van der Waals surface area contributed by atoms with E-state index in [-0.39, 0.29) is 12.1 Å². The fourth-order valence-electron chi connectivity index (χ4n) is 4.77. The van der Waals surface area contributed by atoms with Crippen LogP contribution in [-0.4, -0.2) is 53.8 Å². The van der Waals surface area contributed by atoms with Gasteiger partial charge in [-0.1, -0.05) is 20.8 Å². The van der Waals surface area contributed by atoms with E-state index in [1.54, 1.807) is 6.07 Å². The molecule has 3 heterocycles. The molecule has 0 saturated carbocycles. The Balaban J connectivity index is 1.66. The van der Waals surface area contributed by atoms with Crippen molar-refractivity contribution >= 4 is 15.6 Å². The Bertz CT molecular complexity index is 1540. The van der Waals surface area contributed by atoms with Crippen LogP contribution in [0, 0.1) is 22.9 Å². The van der Waals surface area contributed by atoms with Gasteiger partial charge >= 0.3 is 0 Å². The Morgan fingerprint density at radius 2 is 1.77 bits per heavy atom. The number of benzene rings is 1. The van der Waals surface area contributed by atoms with Crippen molar-refractivity contribution in [3.8, 4) is 11.3 Å². The van der Waals surface area contributed by atoms with Crippen LogP contribution < -0.4 is 5.73 Å². The van der Waals surface area contributed by atoms with E-state index in [9.17, 15) is 31.5 Å². The Morgan fingerprint density at radius 1 is 1.12 bits per heavy atom. The maximum Gasteiger partial charge on any atom is 0.185 e. The summed E-state index contributed by atoms with van der Waals surface area (Å²) in [5.41, 5.74) is 5.00. The van der Waals surface area contributed by atoms with Crippen LogP contribution in [0.15, 0.2) is 47.6 Å². The Hall–Kier alpha value is -3.19. The first-order valence-electron chi connectivity index (χ1n) is 12.5. The minimum absolute atomic E-state index is 0.239. The van der Waals surface area contributed by atoms with Gasteiger partial charge in [0, 0.05) is 31.1 Å². The van der Waals surface area contributed by atoms with Gasteiger partial charge in [-0.15, -0.1) is 0 Å². The molecule has 0 unspecified atom stereocenters. The lowest BCUT2D eigenvalue weighted by molar-refractivity contribution is -0.167. The van der Waals surface area contributed by atoms with Crippen molar-refractivity contribution in [1.29, 1.82) is 0 Å². The normalized spacial score (nSPS) is 21.8. The molecule has 40 heavy (non-hydrogen) atoms. The summed E-state index contributed by atoms with van der Waals surface area (Å²) in [6.07, 6.45) is 1.86. The number of Topliss-reactive ketones (excluding diaryl/α,β-unsaturated/α-hetero) is 1. The van der Waals surface area contributed by atoms with Crippen molar-refractivity contribution in [1.82, 2.24) is 9.97 Å². The molecule has 3 N–H and O–H groups in total. The number of hydrogen-bond donors (Lipinski definition) is 2. The summed E-state index contributed by atoms with van der Waals surface area (Å²) >= 11 is 0. The van der Waals surface area contributed by atoms with Crippen LogP contribution in [0.25, 0.3) is 11.3 Å². The van der Waals surface area contributed by atoms with E-state index in [1.807, 2.05) is 20.8 Å². The van der Waals surface area contributed by atoms with Gasteiger partial charge in [0.1, 0.15) is 28.8 Å². The minimum Gasteiger partial charge on any atom is -0.389 e. The highest BCUT2D eigenvalue weighted by molar-refractivity contribution is 7.90. The van der Waals surface area contributed by atoms with Crippen molar-refractivity contribution < 1.29 is 36.2 Å². The van der Waals surface area contributed by atoms with E-state index in [1.165, 1.54) is 12.4 Å². The van der Waals surface area contributed by atoms with Gasteiger partial charge in [0.15, 0.2) is 15.6 Å². The highest BCUT2D eigenvalue weighted by Crippen LogP contribution is 2.39. The average molecular weight is 578 g/mol. The standard InChI is InChI=1S/C28H30F3N3O5S/c1-28(2,3)27-26(36)20(32)12-23(39-27)16-7-8-33-13-14(16)9-22(35)21-6-5-17(29)25(34-21)24-18(30)10-15(11-19(24)31)40(4,37)38/h5-8,10-11,13,20,23,26-27,36H,9,12,32H2,1-4H3/t20-,23-,26+,27+/m1/s1. The Labute approximate surface area is 230 Å². The number of aliphatic hydroxyl groups excluding tert-OH is 1. The molecule has 4 rings (SSSR count). The van der Waals surface area contributed by atoms with E-state index in [4.69, 9.17) is 10.5 Å². The molecule has 0 bridgehead atoms. The molecule has 1 saturated heterocycles. The van der Waals surface area contributed by atoms with Crippen molar-refractivity contribution in [2.75, 3.05) is 6.26 Å². The monoisotopic (exact) mass is 577 g/mol. The zero-order valence-electron chi connectivity index (χ0n) is 22.4. The third-order valence-electron chi connectivity index (χ3n) is 6.85. The molecule has 12 heteroatoms. The fourth-order valence-corrected chi connectivity index (χ4v) is 5.40. The van der Waals surface area contributed by atoms with Crippen molar-refractivity contribution in [2.24, 2.45) is 11.1 Å². The van der Waals surface area contributed by atoms with Gasteiger partial charge in [-0.3, -0.25) is 9.78 Å². The number of halogens is 3. The maximum atomic E-state index is 14.8. The van der Waals surface area contributed by atoms with E-state index in [0.717, 1.165) is 18.4 Å². The molecule has 1 aliphatic heterocycles. The molecule has 1 fully saturated rings. The zero-order valence-corrected chi connectivity index (χ0v) is 23.2. The predicted molar refractivity (Wildman–Crippen MR) is 141 cm³/mol. The molecule has 0 radical (unpaired) electrons. The zero-order chi connectivity index (χ0) is 29.6. The number of hydrogen-bond acceptors (Lipinski definition) is 8. The van der Waals surface area contributed by atoms with Crippen LogP contribution in [0.2, 0.25) is 0 Å². The van der Waals surface area contributed by atoms with E-state index in [2.05, 4.69) is 9.97 Å². The minimum atomic E-state index is -3.93. The third kappa shape index (κ3) is 6.09. The van der Waals surface area contributed by atoms with Gasteiger partial charge in [-0.05, 0) is 53.3 Å². The Kier molecular flexibility index (Phi) is 8.19. The molecule has 0 aliphatic carbocycles. The summed E-state index contributed by atoms with van der Waals surface area (Å²) in [6.45, 7) is 5.77. The van der Waals surface area contributed by atoms with Gasteiger partial charge in [-0.2, -0.15) is 0 Å². The number of ether oxygens (including phenoxy) is 1. The maximum absolute atomic E-state index is 14.8. The highest BCUT2D eigenvalue weighted by Gasteiger charge is 2.43. The summed E-state index contributed by atoms with van der Waals surface area (Å²) in [7, 11) is -3.93. The van der Waals surface area contributed by atoms with Crippen molar-refractivity contribution in [3.63, 3.8) is 0 Å². The second kappa shape index (κ2) is 11.0. The molecule has 214 valence electrons. The molecule has 1 aromatic carbocycles. The lowest BCUT2D eigenvalue weighted by atomic mass is 9.79. The molecule has 8 nitrogen and oxygen atoms in total. The molecule has 4 atom stereocenters. The number of aromatic nitrogens is 2. The largest absolute Gasteiger partial charge is 0.389 e. The number of aliphatic hydroxyl groups is 1. The van der Waals surface area contributed by atoms with Crippen molar-refractivity contribution in [3.05, 3.63) is 77.0 Å². The lowest BCUT2D eigenvalue weighted by Gasteiger charge is -2.44. The number of nitrogens with two attached hydrogens (primary N) is 1. The van der Waals surface area contributed by atoms with Gasteiger partial charge in [0.05, 0.1) is 28.8 Å². The first kappa shape index (κ1) is 29.8. The summed E-state index contributed by atoms with van der Waals surface area (Å²) in [6, 6.07) is 4.22. The van der Waals surface area contributed by atoms with Crippen LogP contribution in [0.5, 0.6) is 0 Å². The van der Waals surface area contributed by atoms with E-state index in [0.29, 0.717) is 29.7 Å². The number of carbonyl (C=O) groups excluding carboxylic acids is 1. The van der Waals surface area contributed by atoms with Gasteiger partial charge in [0.2, 0.25) is 0 Å². The van der Waals surface area contributed by atoms with Crippen LogP contribution in [0.1, 0.15) is 54.9 Å². The van der Waals surface area contributed by atoms with Gasteiger partial charge in [-0.25, -0.2) is 26.6 Å². The lowest BCUT2D eigenvalue weighted by Crippen LogP contribution is -2.54. The second-order valence-electron chi connectivity index (χ2n) is 11.0. The number of pyridine rings is 2.